The highest BCUT2D eigenvalue weighted by Gasteiger charge is 2.15. The summed E-state index contributed by atoms with van der Waals surface area (Å²) in [5, 5.41) is 1.12. The SMILES string of the molecule is COc1cc2nc(SC)[nH]c(=O)c2c(C)c1OC. The molecule has 0 bridgehead atoms. The minimum Gasteiger partial charge on any atom is -0.493 e. The maximum Gasteiger partial charge on any atom is 0.259 e. The highest BCUT2D eigenvalue weighted by Crippen LogP contribution is 2.34. The molecular formula is C12H14N2O3S. The summed E-state index contributed by atoms with van der Waals surface area (Å²) >= 11 is 1.39. The van der Waals surface area contributed by atoms with Gasteiger partial charge >= 0.3 is 0 Å². The lowest BCUT2D eigenvalue weighted by Crippen LogP contribution is -2.11. The molecule has 5 nitrogen and oxygen atoms in total. The second kappa shape index (κ2) is 4.89. The summed E-state index contributed by atoms with van der Waals surface area (Å²) in [6, 6.07) is 1.72. The third-order valence-corrected chi connectivity index (χ3v) is 3.33. The van der Waals surface area contributed by atoms with Crippen molar-refractivity contribution in [3.63, 3.8) is 0 Å². The predicted octanol–water partition coefficient (Wildman–Crippen LogP) is 1.97. The first kappa shape index (κ1) is 12.8. The van der Waals surface area contributed by atoms with E-state index in [1.807, 2.05) is 13.2 Å². The number of fused-ring (bicyclic) bond motifs is 1. The quantitative estimate of drug-likeness (QED) is 0.679. The topological polar surface area (TPSA) is 64.2 Å². The van der Waals surface area contributed by atoms with E-state index >= 15 is 0 Å². The zero-order chi connectivity index (χ0) is 13.3. The molecule has 0 aliphatic carbocycles. The Morgan fingerprint density at radius 2 is 2.06 bits per heavy atom. The van der Waals surface area contributed by atoms with Gasteiger partial charge in [-0.25, -0.2) is 4.98 Å². The number of aromatic nitrogens is 2. The van der Waals surface area contributed by atoms with Gasteiger partial charge in [0.25, 0.3) is 5.56 Å². The van der Waals surface area contributed by atoms with Gasteiger partial charge in [0, 0.05) is 11.6 Å². The number of hydrogen-bond acceptors (Lipinski definition) is 5. The van der Waals surface area contributed by atoms with Crippen molar-refractivity contribution in [3.8, 4) is 11.5 Å². The normalized spacial score (nSPS) is 10.7. The summed E-state index contributed by atoms with van der Waals surface area (Å²) in [6.45, 7) is 1.82. The Morgan fingerprint density at radius 3 is 2.61 bits per heavy atom. The van der Waals surface area contributed by atoms with Crippen molar-refractivity contribution in [3.05, 3.63) is 22.0 Å². The summed E-state index contributed by atoms with van der Waals surface area (Å²) in [6.07, 6.45) is 1.86. The number of nitrogens with one attached hydrogen (secondary N) is 1. The largest absolute Gasteiger partial charge is 0.493 e. The zero-order valence-electron chi connectivity index (χ0n) is 10.7. The molecule has 6 heteroatoms. The number of aryl methyl sites for hydroxylation is 1. The molecule has 2 aromatic rings. The number of aromatic amines is 1. The van der Waals surface area contributed by atoms with E-state index in [2.05, 4.69) is 9.97 Å². The maximum absolute atomic E-state index is 12.0. The molecule has 0 unspecified atom stereocenters. The van der Waals surface area contributed by atoms with Crippen LogP contribution in [-0.2, 0) is 0 Å². The Bertz CT molecular complexity index is 652. The Hall–Kier alpha value is -1.69. The Morgan fingerprint density at radius 1 is 1.33 bits per heavy atom. The first-order chi connectivity index (χ1) is 8.62. The van der Waals surface area contributed by atoms with Gasteiger partial charge in [-0.3, -0.25) is 4.79 Å². The maximum atomic E-state index is 12.0. The highest BCUT2D eigenvalue weighted by molar-refractivity contribution is 7.98. The van der Waals surface area contributed by atoms with Crippen LogP contribution in [-0.4, -0.2) is 30.4 Å². The van der Waals surface area contributed by atoms with Crippen molar-refractivity contribution in [2.75, 3.05) is 20.5 Å². The lowest BCUT2D eigenvalue weighted by molar-refractivity contribution is 0.354. The van der Waals surface area contributed by atoms with Crippen LogP contribution in [0.2, 0.25) is 0 Å². The molecule has 0 aliphatic rings. The second-order valence-electron chi connectivity index (χ2n) is 3.71. The van der Waals surface area contributed by atoms with Crippen molar-refractivity contribution in [1.82, 2.24) is 9.97 Å². The van der Waals surface area contributed by atoms with Crippen molar-refractivity contribution in [2.45, 2.75) is 12.1 Å². The molecule has 0 saturated carbocycles. The fourth-order valence-corrected chi connectivity index (χ4v) is 2.31. The van der Waals surface area contributed by atoms with Crippen molar-refractivity contribution >= 4 is 22.7 Å². The lowest BCUT2D eigenvalue weighted by Gasteiger charge is -2.12. The standard InChI is InChI=1S/C12H14N2O3S/c1-6-9-7(5-8(16-2)10(6)17-3)13-12(18-4)14-11(9)15/h5H,1-4H3,(H,13,14,15). The van der Waals surface area contributed by atoms with Crippen molar-refractivity contribution < 1.29 is 9.47 Å². The molecule has 18 heavy (non-hydrogen) atoms. The van der Waals surface area contributed by atoms with Crippen LogP contribution in [0.1, 0.15) is 5.56 Å². The van der Waals surface area contributed by atoms with Crippen LogP contribution in [0, 0.1) is 6.92 Å². The molecular weight excluding hydrogens is 252 g/mol. The van der Waals surface area contributed by atoms with Gasteiger partial charge in [0.2, 0.25) is 0 Å². The number of rotatable bonds is 3. The van der Waals surface area contributed by atoms with Crippen LogP contribution >= 0.6 is 11.8 Å². The first-order valence-electron chi connectivity index (χ1n) is 5.32. The van der Waals surface area contributed by atoms with Crippen LogP contribution in [0.3, 0.4) is 0 Å². The van der Waals surface area contributed by atoms with Crippen molar-refractivity contribution in [1.29, 1.82) is 0 Å². The van der Waals surface area contributed by atoms with Gasteiger partial charge in [-0.05, 0) is 13.2 Å². The second-order valence-corrected chi connectivity index (χ2v) is 4.50. The van der Waals surface area contributed by atoms with E-state index in [0.717, 1.165) is 5.56 Å². The summed E-state index contributed by atoms with van der Waals surface area (Å²) in [4.78, 5) is 19.1. The highest BCUT2D eigenvalue weighted by atomic mass is 32.2. The van der Waals surface area contributed by atoms with Crippen LogP contribution < -0.4 is 15.0 Å². The monoisotopic (exact) mass is 266 g/mol. The smallest absolute Gasteiger partial charge is 0.259 e. The van der Waals surface area contributed by atoms with Crippen LogP contribution in [0.25, 0.3) is 10.9 Å². The van der Waals surface area contributed by atoms with Gasteiger partial charge in [0.15, 0.2) is 16.7 Å². The average Bonchev–Trinajstić information content (AvgIpc) is 2.37. The third kappa shape index (κ3) is 1.92. The first-order valence-corrected chi connectivity index (χ1v) is 6.54. The van der Waals surface area contributed by atoms with E-state index in [1.54, 1.807) is 20.3 Å². The summed E-state index contributed by atoms with van der Waals surface area (Å²) in [7, 11) is 3.11. The fourth-order valence-electron chi connectivity index (χ4n) is 1.93. The number of methoxy groups -OCH3 is 2. The Kier molecular flexibility index (Phi) is 3.47. The number of hydrogen-bond donors (Lipinski definition) is 1. The van der Waals surface area contributed by atoms with Crippen LogP contribution in [0.4, 0.5) is 0 Å². The van der Waals surface area contributed by atoms with Gasteiger partial charge in [-0.2, -0.15) is 0 Å². The Labute approximate surface area is 109 Å². The molecule has 0 fully saturated rings. The summed E-state index contributed by atoms with van der Waals surface area (Å²) in [5.41, 5.74) is 1.18. The van der Waals surface area contributed by atoms with Gasteiger partial charge in [0.1, 0.15) is 0 Å². The fraction of sp³-hybridized carbons (Fsp3) is 0.333. The number of ether oxygens (including phenoxy) is 2. The van der Waals surface area contributed by atoms with Gasteiger partial charge in [-0.1, -0.05) is 11.8 Å². The molecule has 0 spiro atoms. The van der Waals surface area contributed by atoms with Crippen LogP contribution in [0.15, 0.2) is 16.0 Å². The predicted molar refractivity (Wildman–Crippen MR) is 72.0 cm³/mol. The average molecular weight is 266 g/mol. The number of thioether (sulfide) groups is 1. The number of benzene rings is 1. The van der Waals surface area contributed by atoms with Gasteiger partial charge in [0.05, 0.1) is 25.1 Å². The van der Waals surface area contributed by atoms with Gasteiger partial charge < -0.3 is 14.5 Å². The van der Waals surface area contributed by atoms with Gasteiger partial charge in [-0.15, -0.1) is 0 Å². The molecule has 1 N–H and O–H groups in total. The molecule has 0 atom stereocenters. The van der Waals surface area contributed by atoms with E-state index in [4.69, 9.17) is 9.47 Å². The summed E-state index contributed by atoms with van der Waals surface area (Å²) in [5.74, 6) is 1.14. The van der Waals surface area contributed by atoms with Crippen LogP contribution in [0.5, 0.6) is 11.5 Å². The van der Waals surface area contributed by atoms with Crippen molar-refractivity contribution in [2.24, 2.45) is 0 Å². The molecule has 0 radical (unpaired) electrons. The minimum atomic E-state index is -0.164. The third-order valence-electron chi connectivity index (χ3n) is 2.75. The number of H-pyrrole nitrogens is 1. The molecule has 1 aromatic heterocycles. The zero-order valence-corrected chi connectivity index (χ0v) is 11.5. The molecule has 2 rings (SSSR count). The van der Waals surface area contributed by atoms with E-state index in [0.29, 0.717) is 27.6 Å². The molecule has 96 valence electrons. The Balaban J connectivity index is 2.90. The lowest BCUT2D eigenvalue weighted by atomic mass is 10.1. The van der Waals surface area contributed by atoms with E-state index < -0.39 is 0 Å². The van der Waals surface area contributed by atoms with E-state index in [1.165, 1.54) is 11.8 Å². The molecule has 0 saturated heterocycles. The molecule has 0 aliphatic heterocycles. The molecule has 1 heterocycles. The molecule has 1 aromatic carbocycles. The minimum absolute atomic E-state index is 0.164. The summed E-state index contributed by atoms with van der Waals surface area (Å²) < 4.78 is 10.5. The number of nitrogens with zero attached hydrogens (tertiary/aromatic N) is 1. The van der Waals surface area contributed by atoms with E-state index in [9.17, 15) is 4.79 Å². The molecule has 0 amide bonds. The van der Waals surface area contributed by atoms with E-state index in [-0.39, 0.29) is 5.56 Å².